The molecule has 1 aromatic rings. The Morgan fingerprint density at radius 3 is 2.75 bits per heavy atom. The Morgan fingerprint density at radius 1 is 1.40 bits per heavy atom. The van der Waals surface area contributed by atoms with Crippen molar-refractivity contribution >= 4 is 28.9 Å². The van der Waals surface area contributed by atoms with Crippen LogP contribution in [0.3, 0.4) is 0 Å². The van der Waals surface area contributed by atoms with Gasteiger partial charge in [0.2, 0.25) is 5.91 Å². The molecule has 1 aliphatic rings. The van der Waals surface area contributed by atoms with E-state index < -0.39 is 0 Å². The van der Waals surface area contributed by atoms with Gasteiger partial charge in [0, 0.05) is 18.8 Å². The van der Waals surface area contributed by atoms with E-state index in [1.165, 1.54) is 11.1 Å². The van der Waals surface area contributed by atoms with Gasteiger partial charge < -0.3 is 15.5 Å². The predicted molar refractivity (Wildman–Crippen MR) is 85.9 cm³/mol. The summed E-state index contributed by atoms with van der Waals surface area (Å²) in [6, 6.07) is 6.44. The number of likely N-dealkylation sites (N-methyl/N-ethyl adjacent to an activating group) is 1. The fraction of sp³-hybridized carbons (Fsp3) is 0.467. The first-order valence-electron chi connectivity index (χ1n) is 6.85. The molecule has 1 fully saturated rings. The number of rotatable bonds is 4. The predicted octanol–water partition coefficient (Wildman–Crippen LogP) is 2.21. The number of nitrogens with one attached hydrogen (secondary N) is 2. The minimum atomic E-state index is 0.0279. The van der Waals surface area contributed by atoms with Crippen LogP contribution >= 0.6 is 12.2 Å². The molecule has 0 aromatic heterocycles. The lowest BCUT2D eigenvalue weighted by Crippen LogP contribution is -2.40. The monoisotopic (exact) mass is 291 g/mol. The van der Waals surface area contributed by atoms with Crippen molar-refractivity contribution in [1.82, 2.24) is 10.2 Å². The molecule has 1 aromatic carbocycles. The standard InChI is InChI=1S/C15H21N3OS/c1-10-5-4-6-13(11(10)2)17-15(20)18(3)9-14(19)16-12-7-8-12/h4-6,12H,7-9H2,1-3H3,(H,16,19)(H,17,20). The number of benzene rings is 1. The van der Waals surface area contributed by atoms with Crippen molar-refractivity contribution in [3.8, 4) is 0 Å². The summed E-state index contributed by atoms with van der Waals surface area (Å²) < 4.78 is 0. The van der Waals surface area contributed by atoms with Crippen molar-refractivity contribution in [1.29, 1.82) is 0 Å². The number of hydrogen-bond acceptors (Lipinski definition) is 2. The van der Waals surface area contributed by atoms with Gasteiger partial charge in [0.25, 0.3) is 0 Å². The average Bonchev–Trinajstić information content (AvgIpc) is 3.18. The molecule has 0 spiro atoms. The van der Waals surface area contributed by atoms with E-state index in [1.807, 2.05) is 19.2 Å². The lowest BCUT2D eigenvalue weighted by atomic mass is 10.1. The molecule has 0 heterocycles. The van der Waals surface area contributed by atoms with E-state index in [-0.39, 0.29) is 12.5 Å². The van der Waals surface area contributed by atoms with Crippen LogP contribution in [0.2, 0.25) is 0 Å². The topological polar surface area (TPSA) is 44.4 Å². The first kappa shape index (κ1) is 14.8. The van der Waals surface area contributed by atoms with Crippen LogP contribution in [-0.4, -0.2) is 35.6 Å². The molecule has 0 atom stereocenters. The van der Waals surface area contributed by atoms with Crippen LogP contribution in [-0.2, 0) is 4.79 Å². The number of carbonyl (C=O) groups excluding carboxylic acids is 1. The van der Waals surface area contributed by atoms with Gasteiger partial charge >= 0.3 is 0 Å². The molecule has 20 heavy (non-hydrogen) atoms. The van der Waals surface area contributed by atoms with Crippen molar-refractivity contribution in [3.05, 3.63) is 29.3 Å². The summed E-state index contributed by atoms with van der Waals surface area (Å²) in [6.45, 7) is 4.41. The maximum atomic E-state index is 11.7. The van der Waals surface area contributed by atoms with Crippen LogP contribution in [0.5, 0.6) is 0 Å². The average molecular weight is 291 g/mol. The summed E-state index contributed by atoms with van der Waals surface area (Å²) >= 11 is 5.34. The Balaban J connectivity index is 1.89. The molecule has 1 aliphatic carbocycles. The molecule has 0 bridgehead atoms. The molecule has 2 N–H and O–H groups in total. The van der Waals surface area contributed by atoms with Crippen molar-refractivity contribution < 1.29 is 4.79 Å². The summed E-state index contributed by atoms with van der Waals surface area (Å²) in [5, 5.41) is 6.72. The van der Waals surface area contributed by atoms with Crippen molar-refractivity contribution in [2.45, 2.75) is 32.7 Å². The van der Waals surface area contributed by atoms with E-state index in [4.69, 9.17) is 12.2 Å². The van der Waals surface area contributed by atoms with E-state index in [9.17, 15) is 4.79 Å². The molecule has 108 valence electrons. The van der Waals surface area contributed by atoms with Gasteiger partial charge in [-0.15, -0.1) is 0 Å². The molecule has 0 radical (unpaired) electrons. The number of anilines is 1. The molecule has 0 unspecified atom stereocenters. The zero-order valence-electron chi connectivity index (χ0n) is 12.2. The number of carbonyl (C=O) groups is 1. The Kier molecular flexibility index (Phi) is 4.60. The number of aryl methyl sites for hydroxylation is 1. The Hall–Kier alpha value is -1.62. The number of amides is 1. The molecule has 0 aliphatic heterocycles. The number of nitrogens with zero attached hydrogens (tertiary/aromatic N) is 1. The van der Waals surface area contributed by atoms with Crippen LogP contribution < -0.4 is 10.6 Å². The molecule has 2 rings (SSSR count). The van der Waals surface area contributed by atoms with Crippen LogP contribution in [0.15, 0.2) is 18.2 Å². The van der Waals surface area contributed by atoms with E-state index in [0.717, 1.165) is 18.5 Å². The summed E-state index contributed by atoms with van der Waals surface area (Å²) in [7, 11) is 1.83. The van der Waals surface area contributed by atoms with Crippen molar-refractivity contribution in [2.75, 3.05) is 18.9 Å². The van der Waals surface area contributed by atoms with Gasteiger partial charge in [0.1, 0.15) is 0 Å². The van der Waals surface area contributed by atoms with Crippen LogP contribution in [0.25, 0.3) is 0 Å². The first-order valence-corrected chi connectivity index (χ1v) is 7.26. The third-order valence-electron chi connectivity index (χ3n) is 3.52. The second-order valence-electron chi connectivity index (χ2n) is 5.38. The molecule has 4 nitrogen and oxygen atoms in total. The first-order chi connectivity index (χ1) is 9.47. The number of hydrogen-bond donors (Lipinski definition) is 2. The van der Waals surface area contributed by atoms with Crippen LogP contribution in [0.4, 0.5) is 5.69 Å². The van der Waals surface area contributed by atoms with Gasteiger partial charge in [-0.05, 0) is 56.1 Å². The molecular weight excluding hydrogens is 270 g/mol. The van der Waals surface area contributed by atoms with Crippen LogP contribution in [0.1, 0.15) is 24.0 Å². The third kappa shape index (κ3) is 3.93. The minimum absolute atomic E-state index is 0.0279. The molecule has 5 heteroatoms. The molecule has 0 saturated heterocycles. The van der Waals surface area contributed by atoms with Gasteiger partial charge in [0.15, 0.2) is 5.11 Å². The molecule has 1 saturated carbocycles. The highest BCUT2D eigenvalue weighted by Crippen LogP contribution is 2.19. The van der Waals surface area contributed by atoms with Gasteiger partial charge in [-0.2, -0.15) is 0 Å². The van der Waals surface area contributed by atoms with Crippen molar-refractivity contribution in [3.63, 3.8) is 0 Å². The highest BCUT2D eigenvalue weighted by molar-refractivity contribution is 7.80. The van der Waals surface area contributed by atoms with Crippen molar-refractivity contribution in [2.24, 2.45) is 0 Å². The van der Waals surface area contributed by atoms with Gasteiger partial charge in [0.05, 0.1) is 6.54 Å². The largest absolute Gasteiger partial charge is 0.352 e. The van der Waals surface area contributed by atoms with E-state index in [1.54, 1.807) is 4.90 Å². The Morgan fingerprint density at radius 2 is 2.10 bits per heavy atom. The highest BCUT2D eigenvalue weighted by atomic mass is 32.1. The number of thiocarbonyl (C=S) groups is 1. The maximum Gasteiger partial charge on any atom is 0.239 e. The highest BCUT2D eigenvalue weighted by Gasteiger charge is 2.23. The lowest BCUT2D eigenvalue weighted by molar-refractivity contribution is -0.121. The summed E-state index contributed by atoms with van der Waals surface area (Å²) in [4.78, 5) is 13.5. The molecule has 1 amide bonds. The summed E-state index contributed by atoms with van der Waals surface area (Å²) in [5.41, 5.74) is 3.38. The Bertz CT molecular complexity index is 526. The summed E-state index contributed by atoms with van der Waals surface area (Å²) in [5.74, 6) is 0.0279. The normalized spacial score (nSPS) is 13.8. The lowest BCUT2D eigenvalue weighted by Gasteiger charge is -2.21. The fourth-order valence-electron chi connectivity index (χ4n) is 1.89. The quantitative estimate of drug-likeness (QED) is 0.835. The van der Waals surface area contributed by atoms with Crippen LogP contribution in [0, 0.1) is 13.8 Å². The van der Waals surface area contributed by atoms with E-state index in [0.29, 0.717) is 11.2 Å². The minimum Gasteiger partial charge on any atom is -0.352 e. The third-order valence-corrected chi connectivity index (χ3v) is 3.93. The molecular formula is C15H21N3OS. The van der Waals surface area contributed by atoms with E-state index >= 15 is 0 Å². The SMILES string of the molecule is Cc1cccc(NC(=S)N(C)CC(=O)NC2CC2)c1C. The van der Waals surface area contributed by atoms with E-state index in [2.05, 4.69) is 30.5 Å². The van der Waals surface area contributed by atoms with Gasteiger partial charge in [-0.1, -0.05) is 12.1 Å². The van der Waals surface area contributed by atoms with Gasteiger partial charge in [-0.3, -0.25) is 4.79 Å². The smallest absolute Gasteiger partial charge is 0.239 e. The zero-order valence-corrected chi connectivity index (χ0v) is 13.0. The van der Waals surface area contributed by atoms with Gasteiger partial charge in [-0.25, -0.2) is 0 Å². The fourth-order valence-corrected chi connectivity index (χ4v) is 2.06. The maximum absolute atomic E-state index is 11.7. The zero-order chi connectivity index (χ0) is 14.7. The second kappa shape index (κ2) is 6.22. The Labute approximate surface area is 125 Å². The second-order valence-corrected chi connectivity index (χ2v) is 5.76. The summed E-state index contributed by atoms with van der Waals surface area (Å²) in [6.07, 6.45) is 2.20.